The van der Waals surface area contributed by atoms with Crippen molar-refractivity contribution in [3.63, 3.8) is 0 Å². The number of aromatic amines is 1. The van der Waals surface area contributed by atoms with E-state index in [0.29, 0.717) is 13.2 Å². The molecule has 23 heavy (non-hydrogen) atoms. The fourth-order valence-corrected chi connectivity index (χ4v) is 2.59. The molecule has 0 unspecified atom stereocenters. The van der Waals surface area contributed by atoms with E-state index in [9.17, 15) is 0 Å². The van der Waals surface area contributed by atoms with Crippen molar-refractivity contribution in [1.29, 1.82) is 0 Å². The van der Waals surface area contributed by atoms with Gasteiger partial charge in [-0.05, 0) is 19.0 Å². The summed E-state index contributed by atoms with van der Waals surface area (Å²) in [6.07, 6.45) is 0.934. The molecule has 0 fully saturated rings. The van der Waals surface area contributed by atoms with Crippen LogP contribution in [0.25, 0.3) is 0 Å². The number of methoxy groups -OCH3 is 1. The van der Waals surface area contributed by atoms with Crippen LogP contribution >= 0.6 is 0 Å². The molecule has 1 aliphatic rings. The zero-order valence-corrected chi connectivity index (χ0v) is 13.8. The number of anilines is 2. The molecule has 3 rings (SSSR count). The topological polar surface area (TPSA) is 91.0 Å². The van der Waals surface area contributed by atoms with Crippen molar-refractivity contribution in [2.45, 2.75) is 26.1 Å². The van der Waals surface area contributed by atoms with Gasteiger partial charge in [-0.15, -0.1) is 0 Å². The highest BCUT2D eigenvalue weighted by atomic mass is 16.5. The van der Waals surface area contributed by atoms with E-state index in [4.69, 9.17) is 4.74 Å². The molecule has 2 aromatic rings. The normalized spacial score (nSPS) is 13.7. The summed E-state index contributed by atoms with van der Waals surface area (Å²) in [6.45, 7) is 2.89. The van der Waals surface area contributed by atoms with Crippen LogP contribution in [0.2, 0.25) is 0 Å². The van der Waals surface area contributed by atoms with Gasteiger partial charge in [-0.2, -0.15) is 10.1 Å². The Morgan fingerprint density at radius 3 is 3.00 bits per heavy atom. The molecule has 3 N–H and O–H groups in total. The van der Waals surface area contributed by atoms with Crippen LogP contribution in [0.1, 0.15) is 22.6 Å². The summed E-state index contributed by atoms with van der Waals surface area (Å²) in [5, 5.41) is 14.0. The summed E-state index contributed by atoms with van der Waals surface area (Å²) in [5.74, 6) is 1.63. The van der Waals surface area contributed by atoms with E-state index in [-0.39, 0.29) is 0 Å². The molecule has 0 amide bonds. The minimum absolute atomic E-state index is 0.510. The molecule has 0 aliphatic carbocycles. The highest BCUT2D eigenvalue weighted by molar-refractivity contribution is 5.52. The van der Waals surface area contributed by atoms with Crippen LogP contribution < -0.4 is 15.5 Å². The quantitative estimate of drug-likeness (QED) is 0.721. The summed E-state index contributed by atoms with van der Waals surface area (Å²) in [4.78, 5) is 11.2. The average molecular weight is 317 g/mol. The first-order valence-electron chi connectivity index (χ1n) is 7.71. The smallest absolute Gasteiger partial charge is 0.227 e. The largest absolute Gasteiger partial charge is 0.378 e. The first-order chi connectivity index (χ1) is 11.2. The monoisotopic (exact) mass is 317 g/mol. The number of ether oxygens (including phenoxy) is 1. The lowest BCUT2D eigenvalue weighted by Crippen LogP contribution is -2.28. The predicted octanol–water partition coefficient (Wildman–Crippen LogP) is 0.670. The van der Waals surface area contributed by atoms with Crippen LogP contribution in [-0.4, -0.2) is 47.9 Å². The minimum atomic E-state index is 0.510. The SMILES string of the molecule is COCc1cc(CNc2nc(N(C)C)nc3c2CCNC3)[nH]n1. The molecule has 0 radical (unpaired) electrons. The number of H-pyrrole nitrogens is 1. The van der Waals surface area contributed by atoms with E-state index in [0.717, 1.165) is 48.4 Å². The van der Waals surface area contributed by atoms with E-state index in [1.54, 1.807) is 7.11 Å². The Morgan fingerprint density at radius 2 is 2.22 bits per heavy atom. The maximum atomic E-state index is 5.08. The standard InChI is InChI=1S/C15H23N7O/c1-22(2)15-18-13-8-16-5-4-12(13)14(19-15)17-7-10-6-11(9-23-3)21-20-10/h6,16H,4-5,7-9H2,1-3H3,(H,20,21)(H,17,18,19). The zero-order valence-electron chi connectivity index (χ0n) is 13.8. The molecular formula is C15H23N7O. The van der Waals surface area contributed by atoms with E-state index in [1.807, 2.05) is 25.1 Å². The minimum Gasteiger partial charge on any atom is -0.378 e. The van der Waals surface area contributed by atoms with Gasteiger partial charge in [0.25, 0.3) is 0 Å². The average Bonchev–Trinajstić information content (AvgIpc) is 3.00. The molecule has 8 nitrogen and oxygen atoms in total. The summed E-state index contributed by atoms with van der Waals surface area (Å²) in [5.41, 5.74) is 4.17. The highest BCUT2D eigenvalue weighted by Crippen LogP contribution is 2.23. The number of hydrogen-bond donors (Lipinski definition) is 3. The van der Waals surface area contributed by atoms with Crippen LogP contribution in [0.4, 0.5) is 11.8 Å². The fourth-order valence-electron chi connectivity index (χ4n) is 2.59. The van der Waals surface area contributed by atoms with Gasteiger partial charge in [-0.1, -0.05) is 0 Å². The van der Waals surface area contributed by atoms with Crippen LogP contribution in [0.5, 0.6) is 0 Å². The molecule has 0 saturated carbocycles. The van der Waals surface area contributed by atoms with Crippen LogP contribution in [0.15, 0.2) is 6.07 Å². The first-order valence-corrected chi connectivity index (χ1v) is 7.71. The third-order valence-electron chi connectivity index (χ3n) is 3.75. The summed E-state index contributed by atoms with van der Waals surface area (Å²) < 4.78 is 5.08. The molecular weight excluding hydrogens is 294 g/mol. The molecule has 8 heteroatoms. The molecule has 0 saturated heterocycles. The predicted molar refractivity (Wildman–Crippen MR) is 88.4 cm³/mol. The Hall–Kier alpha value is -2.19. The Labute approximate surface area is 135 Å². The van der Waals surface area contributed by atoms with Gasteiger partial charge in [0, 0.05) is 33.3 Å². The third-order valence-corrected chi connectivity index (χ3v) is 3.75. The van der Waals surface area contributed by atoms with Gasteiger partial charge < -0.3 is 20.3 Å². The second-order valence-corrected chi connectivity index (χ2v) is 5.79. The van der Waals surface area contributed by atoms with Crippen LogP contribution in [-0.2, 0) is 30.9 Å². The summed E-state index contributed by atoms with van der Waals surface area (Å²) >= 11 is 0. The van der Waals surface area contributed by atoms with Crippen molar-refractivity contribution in [1.82, 2.24) is 25.5 Å². The molecule has 124 valence electrons. The number of nitrogens with one attached hydrogen (secondary N) is 3. The van der Waals surface area contributed by atoms with Gasteiger partial charge in [-0.3, -0.25) is 5.10 Å². The van der Waals surface area contributed by atoms with Gasteiger partial charge in [0.1, 0.15) is 5.82 Å². The van der Waals surface area contributed by atoms with E-state index >= 15 is 0 Å². The van der Waals surface area contributed by atoms with Gasteiger partial charge >= 0.3 is 0 Å². The molecule has 2 aromatic heterocycles. The number of nitrogens with zero attached hydrogens (tertiary/aromatic N) is 4. The molecule has 0 bridgehead atoms. The van der Waals surface area contributed by atoms with Crippen LogP contribution in [0.3, 0.4) is 0 Å². The Balaban J connectivity index is 1.79. The zero-order chi connectivity index (χ0) is 16.2. The molecule has 0 spiro atoms. The fraction of sp³-hybridized carbons (Fsp3) is 0.533. The number of rotatable bonds is 6. The molecule has 1 aliphatic heterocycles. The third kappa shape index (κ3) is 3.59. The molecule has 0 aromatic carbocycles. The second-order valence-electron chi connectivity index (χ2n) is 5.79. The Bertz CT molecular complexity index is 668. The lowest BCUT2D eigenvalue weighted by molar-refractivity contribution is 0.181. The maximum absolute atomic E-state index is 5.08. The summed E-state index contributed by atoms with van der Waals surface area (Å²) in [7, 11) is 5.57. The van der Waals surface area contributed by atoms with Crippen molar-refractivity contribution in [3.8, 4) is 0 Å². The first kappa shape index (κ1) is 15.7. The second kappa shape index (κ2) is 6.93. The lowest BCUT2D eigenvalue weighted by Gasteiger charge is -2.22. The Morgan fingerprint density at radius 1 is 1.35 bits per heavy atom. The van der Waals surface area contributed by atoms with Gasteiger partial charge in [0.15, 0.2) is 0 Å². The molecule has 0 atom stereocenters. The Kier molecular flexibility index (Phi) is 4.73. The van der Waals surface area contributed by atoms with Gasteiger partial charge in [0.05, 0.1) is 30.2 Å². The van der Waals surface area contributed by atoms with Crippen LogP contribution in [0, 0.1) is 0 Å². The van der Waals surface area contributed by atoms with Crippen molar-refractivity contribution >= 4 is 11.8 Å². The maximum Gasteiger partial charge on any atom is 0.227 e. The van der Waals surface area contributed by atoms with Gasteiger partial charge in [-0.25, -0.2) is 4.98 Å². The van der Waals surface area contributed by atoms with Crippen molar-refractivity contribution in [3.05, 3.63) is 28.7 Å². The van der Waals surface area contributed by atoms with E-state index in [2.05, 4.69) is 30.8 Å². The van der Waals surface area contributed by atoms with Gasteiger partial charge in [0.2, 0.25) is 5.95 Å². The lowest BCUT2D eigenvalue weighted by atomic mass is 10.1. The van der Waals surface area contributed by atoms with E-state index in [1.165, 1.54) is 5.56 Å². The highest BCUT2D eigenvalue weighted by Gasteiger charge is 2.18. The van der Waals surface area contributed by atoms with Crippen molar-refractivity contribution < 1.29 is 4.74 Å². The number of aromatic nitrogens is 4. The van der Waals surface area contributed by atoms with Crippen molar-refractivity contribution in [2.75, 3.05) is 38.0 Å². The molecule has 3 heterocycles. The van der Waals surface area contributed by atoms with E-state index < -0.39 is 0 Å². The van der Waals surface area contributed by atoms with Crippen molar-refractivity contribution in [2.24, 2.45) is 0 Å². The summed E-state index contributed by atoms with van der Waals surface area (Å²) in [6, 6.07) is 2.00. The number of hydrogen-bond acceptors (Lipinski definition) is 7. The number of fused-ring (bicyclic) bond motifs is 1.